The Hall–Kier alpha value is -1.36. The van der Waals surface area contributed by atoms with Crippen LogP contribution in [-0.4, -0.2) is 35.8 Å². The minimum Gasteiger partial charge on any atom is -0.478 e. The first-order chi connectivity index (χ1) is 8.28. The third-order valence-electron chi connectivity index (χ3n) is 2.62. The van der Waals surface area contributed by atoms with Gasteiger partial charge in [0.25, 0.3) is 0 Å². The van der Waals surface area contributed by atoms with Crippen molar-refractivity contribution in [1.29, 1.82) is 0 Å². The Morgan fingerprint density at radius 1 is 1.41 bits per heavy atom. The van der Waals surface area contributed by atoms with Gasteiger partial charge in [0, 0.05) is 6.54 Å². The number of hydrogen-bond donors (Lipinski definition) is 1. The summed E-state index contributed by atoms with van der Waals surface area (Å²) in [6, 6.07) is 1.76. The van der Waals surface area contributed by atoms with Gasteiger partial charge < -0.3 is 14.8 Å². The summed E-state index contributed by atoms with van der Waals surface area (Å²) in [6.07, 6.45) is 2.42. The van der Waals surface area contributed by atoms with Crippen LogP contribution >= 0.6 is 0 Å². The molecule has 1 atom stereocenters. The van der Waals surface area contributed by atoms with Gasteiger partial charge in [-0.25, -0.2) is 0 Å². The zero-order valence-electron chi connectivity index (χ0n) is 10.4. The Labute approximate surface area is 102 Å². The molecule has 1 aliphatic heterocycles. The lowest BCUT2D eigenvalue weighted by Gasteiger charge is -2.23. The molecule has 94 valence electrons. The molecule has 17 heavy (non-hydrogen) atoms. The molecule has 5 heteroatoms. The number of nitrogens with one attached hydrogen (secondary N) is 1. The molecule has 1 aliphatic rings. The fourth-order valence-electron chi connectivity index (χ4n) is 1.89. The molecule has 0 saturated carbocycles. The highest BCUT2D eigenvalue weighted by Crippen LogP contribution is 2.18. The van der Waals surface area contributed by atoms with Crippen molar-refractivity contribution in [2.75, 3.05) is 19.7 Å². The number of nitrogens with zero attached hydrogens (tertiary/aromatic N) is 2. The lowest BCUT2D eigenvalue weighted by molar-refractivity contribution is 0.159. The Bertz CT molecular complexity index is 365. The minimum absolute atomic E-state index is 0.201. The molecule has 5 nitrogen and oxygen atoms in total. The normalized spacial score (nSPS) is 20.0. The summed E-state index contributed by atoms with van der Waals surface area (Å²) in [4.78, 5) is 8.46. The van der Waals surface area contributed by atoms with Crippen LogP contribution in [0.4, 0.5) is 0 Å². The second kappa shape index (κ2) is 5.82. The fraction of sp³-hybridized carbons (Fsp3) is 0.667. The number of piperidine rings is 1. The molecular formula is C12H19N3O2. The largest absolute Gasteiger partial charge is 0.478 e. The third kappa shape index (κ3) is 3.56. The van der Waals surface area contributed by atoms with E-state index in [4.69, 9.17) is 9.47 Å². The van der Waals surface area contributed by atoms with Crippen LogP contribution in [0.2, 0.25) is 0 Å². The molecule has 1 aromatic rings. The van der Waals surface area contributed by atoms with E-state index in [1.54, 1.807) is 6.07 Å². The highest BCUT2D eigenvalue weighted by molar-refractivity contribution is 5.21. The van der Waals surface area contributed by atoms with Crippen molar-refractivity contribution in [3.63, 3.8) is 0 Å². The van der Waals surface area contributed by atoms with Crippen molar-refractivity contribution in [1.82, 2.24) is 15.3 Å². The first-order valence-corrected chi connectivity index (χ1v) is 6.14. The molecule has 1 aromatic heterocycles. The van der Waals surface area contributed by atoms with Crippen LogP contribution in [-0.2, 0) is 0 Å². The summed E-state index contributed by atoms with van der Waals surface area (Å²) < 4.78 is 11.2. The zero-order chi connectivity index (χ0) is 12.1. The highest BCUT2D eigenvalue weighted by atomic mass is 16.5. The number of ether oxygens (including phenoxy) is 2. The van der Waals surface area contributed by atoms with Gasteiger partial charge in [0.1, 0.15) is 11.9 Å². The van der Waals surface area contributed by atoms with Crippen molar-refractivity contribution in [2.24, 2.45) is 0 Å². The molecule has 1 saturated heterocycles. The molecule has 1 fully saturated rings. The number of hydrogen-bond acceptors (Lipinski definition) is 5. The van der Waals surface area contributed by atoms with Gasteiger partial charge in [-0.05, 0) is 33.2 Å². The van der Waals surface area contributed by atoms with Gasteiger partial charge in [0.15, 0.2) is 0 Å². The van der Waals surface area contributed by atoms with E-state index in [2.05, 4.69) is 15.3 Å². The summed E-state index contributed by atoms with van der Waals surface area (Å²) in [5.41, 5.74) is 0. The van der Waals surface area contributed by atoms with Crippen molar-refractivity contribution >= 4 is 0 Å². The summed E-state index contributed by atoms with van der Waals surface area (Å²) in [5.74, 6) is 1.86. The average Bonchev–Trinajstić information content (AvgIpc) is 2.30. The third-order valence-corrected chi connectivity index (χ3v) is 2.62. The van der Waals surface area contributed by atoms with Gasteiger partial charge >= 0.3 is 0 Å². The van der Waals surface area contributed by atoms with Gasteiger partial charge in [-0.15, -0.1) is 0 Å². The van der Waals surface area contributed by atoms with Crippen molar-refractivity contribution in [3.05, 3.63) is 11.9 Å². The standard InChI is InChI=1S/C12H19N3O2/c1-3-16-11-7-12(15-9(2)14-11)17-10-5-4-6-13-8-10/h7,10,13H,3-6,8H2,1-2H3/t10-/m0/s1. The Balaban J connectivity index is 2.03. The van der Waals surface area contributed by atoms with Crippen LogP contribution in [0.1, 0.15) is 25.6 Å². The fourth-order valence-corrected chi connectivity index (χ4v) is 1.89. The van der Waals surface area contributed by atoms with Crippen LogP contribution in [0.5, 0.6) is 11.8 Å². The van der Waals surface area contributed by atoms with Gasteiger partial charge in [-0.1, -0.05) is 0 Å². The lowest BCUT2D eigenvalue weighted by atomic mass is 10.1. The molecule has 2 rings (SSSR count). The SMILES string of the molecule is CCOc1cc(O[C@H]2CCCNC2)nc(C)n1. The number of aromatic nitrogens is 2. The summed E-state index contributed by atoms with van der Waals surface area (Å²) in [5, 5.41) is 3.31. The average molecular weight is 237 g/mol. The zero-order valence-corrected chi connectivity index (χ0v) is 10.4. The van der Waals surface area contributed by atoms with Gasteiger partial charge in [0.05, 0.1) is 12.7 Å². The second-order valence-corrected chi connectivity index (χ2v) is 4.11. The second-order valence-electron chi connectivity index (χ2n) is 4.11. The number of rotatable bonds is 4. The Morgan fingerprint density at radius 3 is 2.94 bits per heavy atom. The molecule has 0 amide bonds. The van der Waals surface area contributed by atoms with Crippen molar-refractivity contribution in [2.45, 2.75) is 32.8 Å². The predicted molar refractivity (Wildman–Crippen MR) is 64.5 cm³/mol. The molecule has 0 radical (unpaired) electrons. The first-order valence-electron chi connectivity index (χ1n) is 6.14. The molecule has 2 heterocycles. The van der Waals surface area contributed by atoms with Crippen LogP contribution in [0.25, 0.3) is 0 Å². The van der Waals surface area contributed by atoms with Crippen LogP contribution in [0, 0.1) is 6.92 Å². The summed E-state index contributed by atoms with van der Waals surface area (Å²) >= 11 is 0. The van der Waals surface area contributed by atoms with Crippen molar-refractivity contribution < 1.29 is 9.47 Å². The van der Waals surface area contributed by atoms with E-state index < -0.39 is 0 Å². The van der Waals surface area contributed by atoms with E-state index >= 15 is 0 Å². The topological polar surface area (TPSA) is 56.3 Å². The number of aryl methyl sites for hydroxylation is 1. The Kier molecular flexibility index (Phi) is 4.14. The summed E-state index contributed by atoms with van der Waals surface area (Å²) in [6.45, 7) is 6.33. The smallest absolute Gasteiger partial charge is 0.220 e. The molecule has 0 aromatic carbocycles. The van der Waals surface area contributed by atoms with Crippen LogP contribution < -0.4 is 14.8 Å². The van der Waals surface area contributed by atoms with E-state index in [1.807, 2.05) is 13.8 Å². The van der Waals surface area contributed by atoms with E-state index in [0.29, 0.717) is 24.2 Å². The Morgan fingerprint density at radius 2 is 2.24 bits per heavy atom. The summed E-state index contributed by atoms with van der Waals surface area (Å²) in [7, 11) is 0. The predicted octanol–water partition coefficient (Wildman–Crippen LogP) is 1.31. The maximum atomic E-state index is 5.83. The molecule has 0 bridgehead atoms. The van der Waals surface area contributed by atoms with Gasteiger partial charge in [-0.2, -0.15) is 9.97 Å². The first kappa shape index (κ1) is 12.1. The molecule has 1 N–H and O–H groups in total. The molecule has 0 unspecified atom stereocenters. The maximum absolute atomic E-state index is 5.83. The van der Waals surface area contributed by atoms with E-state index in [-0.39, 0.29) is 6.10 Å². The van der Waals surface area contributed by atoms with Gasteiger partial charge in [0.2, 0.25) is 11.8 Å². The monoisotopic (exact) mass is 237 g/mol. The van der Waals surface area contributed by atoms with E-state index in [0.717, 1.165) is 25.9 Å². The van der Waals surface area contributed by atoms with Crippen LogP contribution in [0.15, 0.2) is 6.07 Å². The molecule has 0 aliphatic carbocycles. The van der Waals surface area contributed by atoms with E-state index in [1.165, 1.54) is 0 Å². The molecule has 0 spiro atoms. The minimum atomic E-state index is 0.201. The van der Waals surface area contributed by atoms with E-state index in [9.17, 15) is 0 Å². The molecular weight excluding hydrogens is 218 g/mol. The van der Waals surface area contributed by atoms with Crippen molar-refractivity contribution in [3.8, 4) is 11.8 Å². The quantitative estimate of drug-likeness (QED) is 0.855. The van der Waals surface area contributed by atoms with Crippen LogP contribution in [0.3, 0.4) is 0 Å². The van der Waals surface area contributed by atoms with Gasteiger partial charge in [-0.3, -0.25) is 0 Å². The maximum Gasteiger partial charge on any atom is 0.220 e. The lowest BCUT2D eigenvalue weighted by Crippen LogP contribution is -2.37. The highest BCUT2D eigenvalue weighted by Gasteiger charge is 2.15.